The van der Waals surface area contributed by atoms with E-state index in [-0.39, 0.29) is 0 Å². The Labute approximate surface area is 58.6 Å². The molecule has 0 aromatic heterocycles. The molecule has 2 rings (SSSR count). The van der Waals surface area contributed by atoms with E-state index in [0.717, 1.165) is 6.42 Å². The molecule has 0 aromatic rings. The van der Waals surface area contributed by atoms with Gasteiger partial charge in [-0.2, -0.15) is 0 Å². The molecule has 0 fully saturated rings. The highest BCUT2D eigenvalue weighted by Gasteiger charge is 2.31. The Balaban J connectivity index is 2.21. The van der Waals surface area contributed by atoms with Gasteiger partial charge in [-0.1, -0.05) is 17.3 Å². The number of hydrogen-bond donors (Lipinski definition) is 0. The zero-order chi connectivity index (χ0) is 6.86. The molecule has 0 saturated carbocycles. The monoisotopic (exact) mass is 137 g/mol. The van der Waals surface area contributed by atoms with Crippen molar-refractivity contribution < 1.29 is 9.57 Å². The van der Waals surface area contributed by atoms with Gasteiger partial charge in [0.05, 0.1) is 0 Å². The number of ether oxygens (including phenoxy) is 1. The number of oxime groups is 1. The number of allylic oxidation sites excluding steroid dienone is 2. The van der Waals surface area contributed by atoms with E-state index in [4.69, 9.17) is 9.57 Å². The van der Waals surface area contributed by atoms with Gasteiger partial charge in [-0.3, -0.25) is 0 Å². The van der Waals surface area contributed by atoms with Crippen molar-refractivity contribution in [2.24, 2.45) is 5.16 Å². The molecule has 1 aliphatic carbocycles. The minimum absolute atomic E-state index is 0.710. The predicted molar refractivity (Wildman–Crippen MR) is 36.3 cm³/mol. The lowest BCUT2D eigenvalue weighted by Crippen LogP contribution is -2.25. The SMILES string of the molecule is C1=CC2(C=CC1)OC=NO2. The largest absolute Gasteiger partial charge is 0.430 e. The molecule has 0 unspecified atom stereocenters. The van der Waals surface area contributed by atoms with Crippen LogP contribution in [-0.4, -0.2) is 12.2 Å². The van der Waals surface area contributed by atoms with Crippen LogP contribution in [0.4, 0.5) is 0 Å². The highest BCUT2D eigenvalue weighted by molar-refractivity contribution is 5.49. The molecule has 3 heteroatoms. The van der Waals surface area contributed by atoms with Crippen molar-refractivity contribution >= 4 is 6.40 Å². The van der Waals surface area contributed by atoms with E-state index >= 15 is 0 Å². The average Bonchev–Trinajstić information content (AvgIpc) is 2.39. The van der Waals surface area contributed by atoms with Crippen LogP contribution in [0.3, 0.4) is 0 Å². The van der Waals surface area contributed by atoms with Gasteiger partial charge in [-0.25, -0.2) is 0 Å². The third-order valence-electron chi connectivity index (χ3n) is 1.45. The van der Waals surface area contributed by atoms with Crippen LogP contribution in [0, 0.1) is 0 Å². The molecule has 10 heavy (non-hydrogen) atoms. The summed E-state index contributed by atoms with van der Waals surface area (Å²) in [5, 5.41) is 3.51. The second-order valence-corrected chi connectivity index (χ2v) is 2.18. The van der Waals surface area contributed by atoms with Gasteiger partial charge in [0.1, 0.15) is 0 Å². The van der Waals surface area contributed by atoms with Crippen molar-refractivity contribution in [3.63, 3.8) is 0 Å². The van der Waals surface area contributed by atoms with Crippen LogP contribution in [-0.2, 0) is 9.57 Å². The summed E-state index contributed by atoms with van der Waals surface area (Å²) >= 11 is 0. The third-order valence-corrected chi connectivity index (χ3v) is 1.45. The maximum absolute atomic E-state index is 5.09. The minimum atomic E-state index is -0.710. The fraction of sp³-hybridized carbons (Fsp3) is 0.286. The van der Waals surface area contributed by atoms with E-state index in [0.29, 0.717) is 0 Å². The first kappa shape index (κ1) is 5.53. The fourth-order valence-electron chi connectivity index (χ4n) is 0.967. The second kappa shape index (κ2) is 1.87. The zero-order valence-electron chi connectivity index (χ0n) is 5.36. The number of rotatable bonds is 0. The van der Waals surface area contributed by atoms with Gasteiger partial charge in [-0.05, 0) is 6.42 Å². The lowest BCUT2D eigenvalue weighted by molar-refractivity contribution is -0.0787. The molecular weight excluding hydrogens is 130 g/mol. The van der Waals surface area contributed by atoms with Crippen molar-refractivity contribution in [2.45, 2.75) is 12.2 Å². The van der Waals surface area contributed by atoms with Gasteiger partial charge < -0.3 is 9.57 Å². The summed E-state index contributed by atoms with van der Waals surface area (Å²) in [5.74, 6) is -0.710. The standard InChI is InChI=1S/C7H7NO2/c1-2-4-7(5-3-1)9-6-8-10-7/h2-6H,1H2. The normalized spacial score (nSPS) is 24.8. The Bertz CT molecular complexity index is 196. The molecule has 1 heterocycles. The van der Waals surface area contributed by atoms with Crippen molar-refractivity contribution in [3.05, 3.63) is 24.3 Å². The van der Waals surface area contributed by atoms with Crippen molar-refractivity contribution in [1.82, 2.24) is 0 Å². The molecule has 3 nitrogen and oxygen atoms in total. The van der Waals surface area contributed by atoms with Crippen molar-refractivity contribution in [2.75, 3.05) is 0 Å². The van der Waals surface area contributed by atoms with Crippen LogP contribution < -0.4 is 0 Å². The predicted octanol–water partition coefficient (Wildman–Crippen LogP) is 1.19. The summed E-state index contributed by atoms with van der Waals surface area (Å²) in [6.07, 6.45) is 9.90. The lowest BCUT2D eigenvalue weighted by Gasteiger charge is -2.18. The van der Waals surface area contributed by atoms with E-state index in [1.54, 1.807) is 0 Å². The van der Waals surface area contributed by atoms with Crippen LogP contribution in [0.5, 0.6) is 0 Å². The molecule has 0 amide bonds. The first-order valence-corrected chi connectivity index (χ1v) is 3.15. The van der Waals surface area contributed by atoms with Crippen molar-refractivity contribution in [3.8, 4) is 0 Å². The van der Waals surface area contributed by atoms with E-state index in [1.807, 2.05) is 24.3 Å². The molecular formula is C7H7NO2. The van der Waals surface area contributed by atoms with Gasteiger partial charge in [-0.15, -0.1) is 0 Å². The second-order valence-electron chi connectivity index (χ2n) is 2.18. The maximum Gasteiger partial charge on any atom is 0.316 e. The van der Waals surface area contributed by atoms with Crippen LogP contribution in [0.1, 0.15) is 6.42 Å². The maximum atomic E-state index is 5.09. The average molecular weight is 137 g/mol. The molecule has 0 radical (unpaired) electrons. The Morgan fingerprint density at radius 1 is 1.30 bits per heavy atom. The van der Waals surface area contributed by atoms with E-state index in [1.165, 1.54) is 6.40 Å². The van der Waals surface area contributed by atoms with Crippen LogP contribution in [0.25, 0.3) is 0 Å². The van der Waals surface area contributed by atoms with E-state index < -0.39 is 5.79 Å². The van der Waals surface area contributed by atoms with Gasteiger partial charge in [0.15, 0.2) is 0 Å². The van der Waals surface area contributed by atoms with Gasteiger partial charge >= 0.3 is 5.79 Å². The van der Waals surface area contributed by atoms with Gasteiger partial charge in [0.25, 0.3) is 0 Å². The Kier molecular flexibility index (Phi) is 1.03. The molecule has 0 atom stereocenters. The van der Waals surface area contributed by atoms with E-state index in [2.05, 4.69) is 5.16 Å². The summed E-state index contributed by atoms with van der Waals surface area (Å²) in [6, 6.07) is 0. The Morgan fingerprint density at radius 2 is 2.10 bits per heavy atom. The fourth-order valence-corrected chi connectivity index (χ4v) is 0.967. The molecule has 2 aliphatic rings. The van der Waals surface area contributed by atoms with Gasteiger partial charge in [0.2, 0.25) is 6.40 Å². The topological polar surface area (TPSA) is 30.8 Å². The Morgan fingerprint density at radius 3 is 2.70 bits per heavy atom. The van der Waals surface area contributed by atoms with Crippen molar-refractivity contribution in [1.29, 1.82) is 0 Å². The van der Waals surface area contributed by atoms with Crippen LogP contribution in [0.2, 0.25) is 0 Å². The van der Waals surface area contributed by atoms with Crippen LogP contribution in [0.15, 0.2) is 29.5 Å². The van der Waals surface area contributed by atoms with E-state index in [9.17, 15) is 0 Å². The first-order valence-electron chi connectivity index (χ1n) is 3.15. The molecule has 1 aliphatic heterocycles. The molecule has 52 valence electrons. The lowest BCUT2D eigenvalue weighted by atomic mass is 10.1. The summed E-state index contributed by atoms with van der Waals surface area (Å²) in [5.41, 5.74) is 0. The number of nitrogens with zero attached hydrogens (tertiary/aromatic N) is 1. The zero-order valence-corrected chi connectivity index (χ0v) is 5.36. The molecule has 1 spiro atoms. The molecule has 0 saturated heterocycles. The minimum Gasteiger partial charge on any atom is -0.430 e. The summed E-state index contributed by atoms with van der Waals surface area (Å²) < 4.78 is 5.09. The summed E-state index contributed by atoms with van der Waals surface area (Å²) in [4.78, 5) is 4.96. The quantitative estimate of drug-likeness (QED) is 0.469. The molecule has 0 aromatic carbocycles. The summed E-state index contributed by atoms with van der Waals surface area (Å²) in [6.45, 7) is 0. The highest BCUT2D eigenvalue weighted by atomic mass is 16.8. The number of hydrogen-bond acceptors (Lipinski definition) is 3. The van der Waals surface area contributed by atoms with Gasteiger partial charge in [0, 0.05) is 12.2 Å². The Hall–Kier alpha value is -1.25. The third kappa shape index (κ3) is 0.708. The summed E-state index contributed by atoms with van der Waals surface area (Å²) in [7, 11) is 0. The molecule has 0 bridgehead atoms. The van der Waals surface area contributed by atoms with Crippen LogP contribution >= 0.6 is 0 Å². The highest BCUT2D eigenvalue weighted by Crippen LogP contribution is 2.24. The smallest absolute Gasteiger partial charge is 0.316 e. The first-order chi connectivity index (χ1) is 4.91. The molecule has 0 N–H and O–H groups in total.